The Balaban J connectivity index is 2.39. The molecule has 1 aromatic rings. The van der Waals surface area contributed by atoms with Gasteiger partial charge in [-0.05, 0) is 24.0 Å². The fourth-order valence-corrected chi connectivity index (χ4v) is 3.24. The molecule has 0 spiro atoms. The highest BCUT2D eigenvalue weighted by Gasteiger charge is 2.30. The van der Waals surface area contributed by atoms with Gasteiger partial charge in [0, 0.05) is 6.54 Å². The number of nitrogens with two attached hydrogens (primary N) is 1. The molecule has 19 heavy (non-hydrogen) atoms. The van der Waals surface area contributed by atoms with Gasteiger partial charge in [-0.1, -0.05) is 38.5 Å². The number of thioether (sulfide) groups is 1. The number of hydrogen-bond donors (Lipinski definition) is 1. The van der Waals surface area contributed by atoms with Crippen molar-refractivity contribution in [2.45, 2.75) is 51.2 Å². The Labute approximate surface area is 116 Å². The van der Waals surface area contributed by atoms with Crippen LogP contribution in [0.1, 0.15) is 39.5 Å². The first-order valence-corrected chi connectivity index (χ1v) is 7.57. The maximum absolute atomic E-state index is 12.2. The third-order valence-corrected chi connectivity index (χ3v) is 4.52. The zero-order valence-corrected chi connectivity index (χ0v) is 12.2. The Morgan fingerprint density at radius 2 is 2.00 bits per heavy atom. The quantitative estimate of drug-likeness (QED) is 0.653. The minimum absolute atomic E-state index is 0.0110. The molecule has 0 atom stereocenters. The monoisotopic (exact) mass is 284 g/mol. The Kier molecular flexibility index (Phi) is 4.03. The van der Waals surface area contributed by atoms with Gasteiger partial charge in [-0.2, -0.15) is 9.66 Å². The number of hydrogen-bond acceptors (Lipinski definition) is 5. The molecule has 1 fully saturated rings. The molecule has 1 saturated carbocycles. The zero-order valence-electron chi connectivity index (χ0n) is 11.4. The summed E-state index contributed by atoms with van der Waals surface area (Å²) in [5.41, 5.74) is -0.947. The molecule has 7 heteroatoms. The Hall–Kier alpha value is -1.24. The van der Waals surface area contributed by atoms with Gasteiger partial charge in [0.15, 0.2) is 5.16 Å². The molecule has 0 radical (unpaired) electrons. The van der Waals surface area contributed by atoms with Gasteiger partial charge in [0.2, 0.25) is 0 Å². The summed E-state index contributed by atoms with van der Waals surface area (Å²) in [6.07, 6.45) is 4.38. The van der Waals surface area contributed by atoms with Crippen molar-refractivity contribution in [2.75, 3.05) is 11.6 Å². The molecule has 0 unspecified atom stereocenters. The fraction of sp³-hybridized carbons (Fsp3) is 0.750. The number of nitrogens with zero attached hydrogens (tertiary/aromatic N) is 3. The van der Waals surface area contributed by atoms with Crippen LogP contribution in [-0.2, 0) is 6.54 Å². The predicted molar refractivity (Wildman–Crippen MR) is 75.9 cm³/mol. The van der Waals surface area contributed by atoms with E-state index in [0.29, 0.717) is 12.3 Å². The second kappa shape index (κ2) is 5.40. The van der Waals surface area contributed by atoms with E-state index in [1.165, 1.54) is 16.3 Å². The zero-order chi connectivity index (χ0) is 14.0. The molecule has 2 N–H and O–H groups in total. The average Bonchev–Trinajstić information content (AvgIpc) is 2.79. The fourth-order valence-electron chi connectivity index (χ4n) is 2.62. The van der Waals surface area contributed by atoms with E-state index >= 15 is 0 Å². The molecule has 1 aliphatic carbocycles. The second-order valence-electron chi connectivity index (χ2n) is 5.37. The highest BCUT2D eigenvalue weighted by atomic mass is 32.2. The molecule has 0 saturated heterocycles. The van der Waals surface area contributed by atoms with E-state index in [9.17, 15) is 9.59 Å². The molecule has 0 amide bonds. The first kappa shape index (κ1) is 14.2. The topological polar surface area (TPSA) is 82.9 Å². The normalized spacial score (nSPS) is 17.8. The minimum Gasteiger partial charge on any atom is -0.333 e. The van der Waals surface area contributed by atoms with Crippen molar-refractivity contribution in [2.24, 2.45) is 5.41 Å². The Morgan fingerprint density at radius 3 is 2.58 bits per heavy atom. The van der Waals surface area contributed by atoms with Crippen molar-refractivity contribution in [3.05, 3.63) is 21.0 Å². The summed E-state index contributed by atoms with van der Waals surface area (Å²) in [4.78, 5) is 28.1. The van der Waals surface area contributed by atoms with Gasteiger partial charge in [0.25, 0.3) is 0 Å². The lowest BCUT2D eigenvalue weighted by molar-refractivity contribution is 0.265. The maximum atomic E-state index is 12.2. The van der Waals surface area contributed by atoms with Crippen LogP contribution in [0.25, 0.3) is 0 Å². The van der Waals surface area contributed by atoms with Gasteiger partial charge in [0.05, 0.1) is 0 Å². The van der Waals surface area contributed by atoms with Crippen molar-refractivity contribution >= 4 is 11.8 Å². The highest BCUT2D eigenvalue weighted by Crippen LogP contribution is 2.38. The molecule has 1 heterocycles. The molecule has 1 aromatic heterocycles. The van der Waals surface area contributed by atoms with Crippen molar-refractivity contribution in [3.8, 4) is 0 Å². The van der Waals surface area contributed by atoms with Gasteiger partial charge in [0.1, 0.15) is 0 Å². The molecule has 1 aliphatic rings. The highest BCUT2D eigenvalue weighted by molar-refractivity contribution is 7.99. The average molecular weight is 284 g/mol. The third kappa shape index (κ3) is 2.86. The van der Waals surface area contributed by atoms with Gasteiger partial charge >= 0.3 is 11.4 Å². The van der Waals surface area contributed by atoms with Crippen LogP contribution in [0.4, 0.5) is 0 Å². The van der Waals surface area contributed by atoms with Crippen LogP contribution >= 0.6 is 11.8 Å². The Morgan fingerprint density at radius 1 is 1.37 bits per heavy atom. The molecular formula is C12H20N4O2S. The number of aromatic nitrogens is 3. The summed E-state index contributed by atoms with van der Waals surface area (Å²) >= 11 is 1.29. The Bertz CT molecular complexity index is 572. The minimum atomic E-state index is -0.490. The molecule has 106 valence electrons. The smallest absolute Gasteiger partial charge is 0.333 e. The molecule has 0 bridgehead atoms. The molecule has 0 aliphatic heterocycles. The van der Waals surface area contributed by atoms with E-state index in [1.54, 1.807) is 0 Å². The maximum Gasteiger partial charge on any atom is 0.354 e. The lowest BCUT2D eigenvalue weighted by Crippen LogP contribution is -2.47. The summed E-state index contributed by atoms with van der Waals surface area (Å²) in [7, 11) is 0. The van der Waals surface area contributed by atoms with E-state index in [1.807, 2.05) is 6.92 Å². The van der Waals surface area contributed by atoms with Crippen molar-refractivity contribution in [3.63, 3.8) is 0 Å². The van der Waals surface area contributed by atoms with Crippen molar-refractivity contribution in [1.29, 1.82) is 0 Å². The molecule has 0 aromatic carbocycles. The predicted octanol–water partition coefficient (Wildman–Crippen LogP) is 0.811. The summed E-state index contributed by atoms with van der Waals surface area (Å²) in [6.45, 7) is 4.44. The number of nitrogen functional groups attached to an aromatic ring is 1. The van der Waals surface area contributed by atoms with E-state index in [-0.39, 0.29) is 10.6 Å². The molecule has 2 rings (SSSR count). The van der Waals surface area contributed by atoms with E-state index in [0.717, 1.165) is 30.4 Å². The summed E-state index contributed by atoms with van der Waals surface area (Å²) < 4.78 is 2.15. The number of rotatable bonds is 4. The van der Waals surface area contributed by atoms with Crippen LogP contribution in [0, 0.1) is 5.41 Å². The van der Waals surface area contributed by atoms with Crippen molar-refractivity contribution in [1.82, 2.24) is 14.2 Å². The van der Waals surface area contributed by atoms with Gasteiger partial charge in [-0.15, -0.1) is 0 Å². The summed E-state index contributed by atoms with van der Waals surface area (Å²) in [5, 5.41) is 0.283. The SMILES string of the molecule is CCSc1nc(=O)n(CC2(C)CCCC2)c(=O)n1N. The van der Waals surface area contributed by atoms with Crippen molar-refractivity contribution < 1.29 is 0 Å². The van der Waals surface area contributed by atoms with Crippen LogP contribution in [0.3, 0.4) is 0 Å². The molecular weight excluding hydrogens is 264 g/mol. The summed E-state index contributed by atoms with van der Waals surface area (Å²) in [6, 6.07) is 0. The second-order valence-corrected chi connectivity index (χ2v) is 6.60. The summed E-state index contributed by atoms with van der Waals surface area (Å²) in [5.74, 6) is 6.43. The third-order valence-electron chi connectivity index (χ3n) is 3.69. The van der Waals surface area contributed by atoms with Gasteiger partial charge < -0.3 is 5.84 Å². The molecule has 6 nitrogen and oxygen atoms in total. The first-order chi connectivity index (χ1) is 8.97. The van der Waals surface area contributed by atoms with Crippen LogP contribution in [0.15, 0.2) is 14.7 Å². The van der Waals surface area contributed by atoms with Crippen LogP contribution in [-0.4, -0.2) is 20.0 Å². The standard InChI is InChI=1S/C12H20N4O2S/c1-3-19-10-14-9(17)15(11(18)16(10)13)8-12(2)6-4-5-7-12/h3-8,13H2,1-2H3. The van der Waals surface area contributed by atoms with E-state index in [2.05, 4.69) is 11.9 Å². The van der Waals surface area contributed by atoms with Crippen LogP contribution in [0.2, 0.25) is 0 Å². The van der Waals surface area contributed by atoms with E-state index in [4.69, 9.17) is 5.84 Å². The largest absolute Gasteiger partial charge is 0.354 e. The van der Waals surface area contributed by atoms with E-state index < -0.39 is 11.4 Å². The lowest BCUT2D eigenvalue weighted by atomic mass is 9.89. The van der Waals surface area contributed by atoms with Gasteiger partial charge in [-0.3, -0.25) is 0 Å². The van der Waals surface area contributed by atoms with Gasteiger partial charge in [-0.25, -0.2) is 14.2 Å². The van der Waals surface area contributed by atoms with Crippen LogP contribution < -0.4 is 17.2 Å². The lowest BCUT2D eigenvalue weighted by Gasteiger charge is -2.23. The first-order valence-electron chi connectivity index (χ1n) is 6.58. The van der Waals surface area contributed by atoms with Crippen LogP contribution in [0.5, 0.6) is 0 Å².